The third-order valence-corrected chi connectivity index (χ3v) is 3.31. The van der Waals surface area contributed by atoms with Crippen molar-refractivity contribution in [3.63, 3.8) is 0 Å². The second kappa shape index (κ2) is 4.26. The molecule has 3 rings (SSSR count). The van der Waals surface area contributed by atoms with Crippen LogP contribution in [0.3, 0.4) is 0 Å². The highest BCUT2D eigenvalue weighted by molar-refractivity contribution is 5.35. The molecular formula is C14H14N2O. The zero-order valence-corrected chi connectivity index (χ0v) is 9.50. The number of aromatic nitrogens is 2. The largest absolute Gasteiger partial charge is 0.390 e. The van der Waals surface area contributed by atoms with Crippen molar-refractivity contribution in [2.24, 2.45) is 0 Å². The Morgan fingerprint density at radius 3 is 2.47 bits per heavy atom. The molecule has 1 heterocycles. The Morgan fingerprint density at radius 2 is 1.82 bits per heavy atom. The van der Waals surface area contributed by atoms with Gasteiger partial charge in [0.25, 0.3) is 0 Å². The minimum Gasteiger partial charge on any atom is -0.390 e. The van der Waals surface area contributed by atoms with Crippen LogP contribution in [0.5, 0.6) is 0 Å². The van der Waals surface area contributed by atoms with Gasteiger partial charge in [-0.15, -0.1) is 0 Å². The molecule has 0 unspecified atom stereocenters. The zero-order valence-electron chi connectivity index (χ0n) is 9.50. The van der Waals surface area contributed by atoms with E-state index in [0.29, 0.717) is 11.6 Å². The van der Waals surface area contributed by atoms with Gasteiger partial charge in [0.05, 0.1) is 12.3 Å². The highest BCUT2D eigenvalue weighted by atomic mass is 16.3. The number of rotatable bonds is 2. The maximum atomic E-state index is 9.09. The Bertz CT molecular complexity index is 514. The molecule has 3 heteroatoms. The summed E-state index contributed by atoms with van der Waals surface area (Å²) < 4.78 is 0. The minimum atomic E-state index is -0.0187. The molecule has 86 valence electrons. The zero-order chi connectivity index (χ0) is 11.7. The average Bonchev–Trinajstić information content (AvgIpc) is 2.82. The van der Waals surface area contributed by atoms with Crippen molar-refractivity contribution in [1.82, 2.24) is 9.97 Å². The normalized spacial score (nSPS) is 14.9. The molecule has 0 saturated carbocycles. The molecule has 0 saturated heterocycles. The summed E-state index contributed by atoms with van der Waals surface area (Å²) in [7, 11) is 0. The topological polar surface area (TPSA) is 46.0 Å². The van der Waals surface area contributed by atoms with Gasteiger partial charge in [-0.1, -0.05) is 24.3 Å². The summed E-state index contributed by atoms with van der Waals surface area (Å²) in [5, 5.41) is 9.09. The lowest BCUT2D eigenvalue weighted by Gasteiger charge is -2.07. The molecule has 0 bridgehead atoms. The summed E-state index contributed by atoms with van der Waals surface area (Å²) in [5.74, 6) is 1.21. The van der Waals surface area contributed by atoms with Gasteiger partial charge < -0.3 is 5.11 Å². The molecule has 0 radical (unpaired) electrons. The van der Waals surface area contributed by atoms with Crippen molar-refractivity contribution in [1.29, 1.82) is 0 Å². The number of hydrogen-bond acceptors (Lipinski definition) is 3. The van der Waals surface area contributed by atoms with Crippen LogP contribution in [0.4, 0.5) is 0 Å². The van der Waals surface area contributed by atoms with E-state index in [-0.39, 0.29) is 6.61 Å². The van der Waals surface area contributed by atoms with Crippen LogP contribution in [-0.4, -0.2) is 15.1 Å². The molecule has 2 aromatic rings. The average molecular weight is 226 g/mol. The van der Waals surface area contributed by atoms with E-state index in [1.165, 1.54) is 11.1 Å². The fourth-order valence-electron chi connectivity index (χ4n) is 2.44. The van der Waals surface area contributed by atoms with Crippen molar-refractivity contribution >= 4 is 0 Å². The van der Waals surface area contributed by atoms with E-state index in [2.05, 4.69) is 34.2 Å². The molecule has 0 fully saturated rings. The lowest BCUT2D eigenvalue weighted by atomic mass is 10.1. The predicted molar refractivity (Wildman–Crippen MR) is 64.5 cm³/mol. The van der Waals surface area contributed by atoms with Crippen LogP contribution in [0.1, 0.15) is 28.6 Å². The van der Waals surface area contributed by atoms with E-state index >= 15 is 0 Å². The van der Waals surface area contributed by atoms with Gasteiger partial charge in [-0.05, 0) is 30.0 Å². The summed E-state index contributed by atoms with van der Waals surface area (Å²) in [4.78, 5) is 8.73. The van der Waals surface area contributed by atoms with Crippen LogP contribution in [0.25, 0.3) is 0 Å². The van der Waals surface area contributed by atoms with E-state index in [1.807, 2.05) is 0 Å². The molecule has 17 heavy (non-hydrogen) atoms. The van der Waals surface area contributed by atoms with Gasteiger partial charge in [0.15, 0.2) is 0 Å². The Labute approximate surface area is 100 Å². The smallest absolute Gasteiger partial charge is 0.132 e. The SMILES string of the molecule is OCc1ccnc(C2Cc3ccccc3C2)n1. The molecule has 1 aromatic heterocycles. The number of aliphatic hydroxyl groups is 1. The maximum absolute atomic E-state index is 9.09. The highest BCUT2D eigenvalue weighted by Gasteiger charge is 2.24. The van der Waals surface area contributed by atoms with Crippen molar-refractivity contribution in [2.45, 2.75) is 25.4 Å². The lowest BCUT2D eigenvalue weighted by molar-refractivity contribution is 0.276. The second-order valence-corrected chi connectivity index (χ2v) is 4.44. The third-order valence-electron chi connectivity index (χ3n) is 3.31. The molecule has 1 aliphatic carbocycles. The van der Waals surface area contributed by atoms with Gasteiger partial charge in [-0.2, -0.15) is 0 Å². The van der Waals surface area contributed by atoms with E-state index in [9.17, 15) is 0 Å². The first kappa shape index (κ1) is 10.4. The molecule has 0 amide bonds. The first-order chi connectivity index (χ1) is 8.36. The number of fused-ring (bicyclic) bond motifs is 1. The molecule has 3 nitrogen and oxygen atoms in total. The van der Waals surface area contributed by atoms with Gasteiger partial charge in [-0.3, -0.25) is 0 Å². The number of benzene rings is 1. The maximum Gasteiger partial charge on any atom is 0.132 e. The summed E-state index contributed by atoms with van der Waals surface area (Å²) >= 11 is 0. The third kappa shape index (κ3) is 1.94. The number of nitrogens with zero attached hydrogens (tertiary/aromatic N) is 2. The van der Waals surface area contributed by atoms with E-state index in [0.717, 1.165) is 18.7 Å². The quantitative estimate of drug-likeness (QED) is 0.850. The van der Waals surface area contributed by atoms with Crippen LogP contribution in [0.2, 0.25) is 0 Å². The summed E-state index contributed by atoms with van der Waals surface area (Å²) in [6.45, 7) is -0.0187. The number of aliphatic hydroxyl groups excluding tert-OH is 1. The second-order valence-electron chi connectivity index (χ2n) is 4.44. The van der Waals surface area contributed by atoms with Crippen LogP contribution in [-0.2, 0) is 19.4 Å². The predicted octanol–water partition coefficient (Wildman–Crippen LogP) is 1.85. The Morgan fingerprint density at radius 1 is 1.12 bits per heavy atom. The summed E-state index contributed by atoms with van der Waals surface area (Å²) in [6.07, 6.45) is 3.74. The fraction of sp³-hybridized carbons (Fsp3) is 0.286. The molecule has 0 spiro atoms. The van der Waals surface area contributed by atoms with Crippen LogP contribution in [0, 0.1) is 0 Å². The minimum absolute atomic E-state index is 0.0187. The molecule has 1 N–H and O–H groups in total. The molecular weight excluding hydrogens is 212 g/mol. The van der Waals surface area contributed by atoms with Crippen molar-refractivity contribution < 1.29 is 5.11 Å². The first-order valence-electron chi connectivity index (χ1n) is 5.86. The van der Waals surface area contributed by atoms with Gasteiger partial charge in [-0.25, -0.2) is 9.97 Å². The molecule has 1 aliphatic rings. The van der Waals surface area contributed by atoms with Gasteiger partial charge in [0.1, 0.15) is 5.82 Å². The van der Waals surface area contributed by atoms with Crippen molar-refractivity contribution in [2.75, 3.05) is 0 Å². The van der Waals surface area contributed by atoms with Gasteiger partial charge >= 0.3 is 0 Å². The Hall–Kier alpha value is -1.74. The van der Waals surface area contributed by atoms with Crippen LogP contribution < -0.4 is 0 Å². The van der Waals surface area contributed by atoms with Gasteiger partial charge in [0.2, 0.25) is 0 Å². The lowest BCUT2D eigenvalue weighted by Crippen LogP contribution is -2.06. The molecule has 1 aromatic carbocycles. The van der Waals surface area contributed by atoms with E-state index in [4.69, 9.17) is 5.11 Å². The molecule has 0 atom stereocenters. The van der Waals surface area contributed by atoms with Crippen molar-refractivity contribution in [3.05, 3.63) is 59.2 Å². The summed E-state index contributed by atoms with van der Waals surface area (Å²) in [5.41, 5.74) is 3.50. The fourth-order valence-corrected chi connectivity index (χ4v) is 2.44. The monoisotopic (exact) mass is 226 g/mol. The number of hydrogen-bond donors (Lipinski definition) is 1. The van der Waals surface area contributed by atoms with Crippen LogP contribution in [0.15, 0.2) is 36.5 Å². The standard InChI is InChI=1S/C14H14N2O/c17-9-13-5-6-15-14(16-13)12-7-10-3-1-2-4-11(10)8-12/h1-6,12,17H,7-9H2. The van der Waals surface area contributed by atoms with E-state index < -0.39 is 0 Å². The van der Waals surface area contributed by atoms with E-state index in [1.54, 1.807) is 12.3 Å². The molecule has 0 aliphatic heterocycles. The highest BCUT2D eigenvalue weighted by Crippen LogP contribution is 2.31. The van der Waals surface area contributed by atoms with Crippen LogP contribution >= 0.6 is 0 Å². The Balaban J connectivity index is 1.88. The summed E-state index contributed by atoms with van der Waals surface area (Å²) in [6, 6.07) is 10.3. The Kier molecular flexibility index (Phi) is 2.61. The van der Waals surface area contributed by atoms with Crippen molar-refractivity contribution in [3.8, 4) is 0 Å². The van der Waals surface area contributed by atoms with Gasteiger partial charge in [0, 0.05) is 12.1 Å². The first-order valence-corrected chi connectivity index (χ1v) is 5.86.